The largest absolute Gasteiger partial charge is 0.386 e. The van der Waals surface area contributed by atoms with E-state index < -0.39 is 6.10 Å². The van der Waals surface area contributed by atoms with Crippen molar-refractivity contribution in [3.63, 3.8) is 0 Å². The molecule has 0 radical (unpaired) electrons. The number of aliphatic hydroxyl groups excluding tert-OH is 1. The molecular weight excluding hydrogens is 222 g/mol. The highest BCUT2D eigenvalue weighted by molar-refractivity contribution is 5.79. The van der Waals surface area contributed by atoms with Crippen molar-refractivity contribution in [3.8, 4) is 0 Å². The minimum absolute atomic E-state index is 0.160. The van der Waals surface area contributed by atoms with Gasteiger partial charge in [0.1, 0.15) is 6.10 Å². The van der Waals surface area contributed by atoms with Crippen molar-refractivity contribution >= 4 is 6.21 Å². The molecule has 0 saturated heterocycles. The number of nitrogens with zero attached hydrogens (tertiary/aromatic N) is 1. The lowest BCUT2D eigenvalue weighted by Gasteiger charge is -2.15. The van der Waals surface area contributed by atoms with Crippen molar-refractivity contribution < 1.29 is 5.11 Å². The van der Waals surface area contributed by atoms with Gasteiger partial charge in [0.05, 0.1) is 6.04 Å². The molecule has 0 unspecified atom stereocenters. The van der Waals surface area contributed by atoms with Crippen LogP contribution in [0.4, 0.5) is 0 Å². The van der Waals surface area contributed by atoms with Crippen molar-refractivity contribution in [1.82, 2.24) is 0 Å². The summed E-state index contributed by atoms with van der Waals surface area (Å²) in [6.07, 6.45) is 1.24. The Morgan fingerprint density at radius 3 is 2.11 bits per heavy atom. The lowest BCUT2D eigenvalue weighted by atomic mass is 10.0. The summed E-state index contributed by atoms with van der Waals surface area (Å²) in [5.74, 6) is 0. The molecule has 1 N–H and O–H groups in total. The average Bonchev–Trinajstić information content (AvgIpc) is 2.46. The molecule has 2 nitrogen and oxygen atoms in total. The van der Waals surface area contributed by atoms with Crippen LogP contribution < -0.4 is 0 Å². The Morgan fingerprint density at radius 2 is 1.50 bits per heavy atom. The molecule has 0 bridgehead atoms. The minimum atomic E-state index is -0.564. The van der Waals surface area contributed by atoms with Crippen LogP contribution in [0.5, 0.6) is 0 Å². The number of aliphatic imine (C=N–C) groups is 1. The summed E-state index contributed by atoms with van der Waals surface area (Å²) in [5, 5.41) is 10.2. The zero-order valence-corrected chi connectivity index (χ0v) is 10.4. The molecule has 0 aliphatic carbocycles. The lowest BCUT2D eigenvalue weighted by molar-refractivity contribution is 0.154. The van der Waals surface area contributed by atoms with Gasteiger partial charge in [-0.25, -0.2) is 0 Å². The van der Waals surface area contributed by atoms with Crippen LogP contribution in [0.15, 0.2) is 65.7 Å². The molecule has 2 heteroatoms. The highest BCUT2D eigenvalue weighted by atomic mass is 16.3. The van der Waals surface area contributed by atoms with Crippen LogP contribution in [0.25, 0.3) is 0 Å². The van der Waals surface area contributed by atoms with E-state index in [4.69, 9.17) is 0 Å². The number of hydrogen-bond donors (Lipinski definition) is 1. The molecule has 0 amide bonds. The molecule has 2 atom stereocenters. The van der Waals surface area contributed by atoms with Crippen molar-refractivity contribution in [2.45, 2.75) is 19.1 Å². The topological polar surface area (TPSA) is 32.6 Å². The molecule has 18 heavy (non-hydrogen) atoms. The van der Waals surface area contributed by atoms with Crippen molar-refractivity contribution in [3.05, 3.63) is 71.8 Å². The third-order valence-corrected chi connectivity index (χ3v) is 2.86. The first-order valence-corrected chi connectivity index (χ1v) is 6.08. The van der Waals surface area contributed by atoms with Gasteiger partial charge in [-0.1, -0.05) is 60.7 Å². The van der Waals surface area contributed by atoms with Gasteiger partial charge in [0.25, 0.3) is 0 Å². The van der Waals surface area contributed by atoms with Gasteiger partial charge >= 0.3 is 0 Å². The molecule has 0 aliphatic rings. The summed E-state index contributed by atoms with van der Waals surface area (Å²) in [5.41, 5.74) is 1.94. The van der Waals surface area contributed by atoms with Gasteiger partial charge in [-0.15, -0.1) is 0 Å². The van der Waals surface area contributed by atoms with Crippen LogP contribution in [0.2, 0.25) is 0 Å². The molecule has 0 saturated carbocycles. The predicted octanol–water partition coefficient (Wildman–Crippen LogP) is 3.23. The lowest BCUT2D eigenvalue weighted by Crippen LogP contribution is -2.12. The van der Waals surface area contributed by atoms with E-state index in [0.29, 0.717) is 0 Å². The van der Waals surface area contributed by atoms with Crippen LogP contribution in [-0.2, 0) is 0 Å². The number of hydrogen-bond acceptors (Lipinski definition) is 2. The molecule has 0 aromatic heterocycles. The molecule has 92 valence electrons. The first kappa shape index (κ1) is 12.5. The van der Waals surface area contributed by atoms with Gasteiger partial charge in [0.15, 0.2) is 0 Å². The summed E-state index contributed by atoms with van der Waals surface area (Å²) >= 11 is 0. The second-order valence-corrected chi connectivity index (χ2v) is 4.28. The SMILES string of the molecule is C[C@H](N=Cc1ccccc1)[C@H](O)c1ccccc1. The van der Waals surface area contributed by atoms with Crippen LogP contribution >= 0.6 is 0 Å². The van der Waals surface area contributed by atoms with Crippen molar-refractivity contribution in [2.24, 2.45) is 4.99 Å². The molecule has 2 aromatic rings. The zero-order chi connectivity index (χ0) is 12.8. The maximum absolute atomic E-state index is 10.2. The fraction of sp³-hybridized carbons (Fsp3) is 0.188. The Bertz CT molecular complexity index is 493. The Balaban J connectivity index is 2.04. The van der Waals surface area contributed by atoms with Gasteiger partial charge in [-0.3, -0.25) is 4.99 Å². The fourth-order valence-electron chi connectivity index (χ4n) is 1.75. The third kappa shape index (κ3) is 3.28. The Labute approximate surface area is 108 Å². The summed E-state index contributed by atoms with van der Waals surface area (Å²) in [6.45, 7) is 1.91. The van der Waals surface area contributed by atoms with E-state index in [1.165, 1.54) is 0 Å². The number of rotatable bonds is 4. The predicted molar refractivity (Wildman–Crippen MR) is 74.9 cm³/mol. The Morgan fingerprint density at radius 1 is 0.944 bits per heavy atom. The minimum Gasteiger partial charge on any atom is -0.386 e. The summed E-state index contributed by atoms with van der Waals surface area (Å²) in [7, 11) is 0. The molecule has 0 spiro atoms. The van der Waals surface area contributed by atoms with E-state index in [9.17, 15) is 5.11 Å². The van der Waals surface area contributed by atoms with Gasteiger partial charge in [-0.05, 0) is 18.1 Å². The van der Waals surface area contributed by atoms with E-state index in [2.05, 4.69) is 4.99 Å². The second-order valence-electron chi connectivity index (χ2n) is 4.28. The maximum Gasteiger partial charge on any atom is 0.101 e. The van der Waals surface area contributed by atoms with Gasteiger partial charge in [-0.2, -0.15) is 0 Å². The van der Waals surface area contributed by atoms with E-state index >= 15 is 0 Å². The van der Waals surface area contributed by atoms with E-state index in [1.54, 1.807) is 6.21 Å². The molecule has 0 heterocycles. The number of benzene rings is 2. The molecule has 0 aliphatic heterocycles. The average molecular weight is 239 g/mol. The monoisotopic (exact) mass is 239 g/mol. The zero-order valence-electron chi connectivity index (χ0n) is 10.4. The van der Waals surface area contributed by atoms with Crippen molar-refractivity contribution in [2.75, 3.05) is 0 Å². The normalized spacial score (nSPS) is 14.6. The first-order valence-electron chi connectivity index (χ1n) is 6.08. The van der Waals surface area contributed by atoms with Gasteiger partial charge < -0.3 is 5.11 Å². The quantitative estimate of drug-likeness (QED) is 0.816. The van der Waals surface area contributed by atoms with Gasteiger partial charge in [0, 0.05) is 6.21 Å². The Hall–Kier alpha value is -1.93. The van der Waals surface area contributed by atoms with E-state index in [0.717, 1.165) is 11.1 Å². The van der Waals surface area contributed by atoms with Gasteiger partial charge in [0.2, 0.25) is 0 Å². The number of aliphatic hydroxyl groups is 1. The van der Waals surface area contributed by atoms with Crippen LogP contribution in [0, 0.1) is 0 Å². The fourth-order valence-corrected chi connectivity index (χ4v) is 1.75. The Kier molecular flexibility index (Phi) is 4.26. The highest BCUT2D eigenvalue weighted by Crippen LogP contribution is 2.18. The second kappa shape index (κ2) is 6.12. The standard InChI is InChI=1S/C16H17NO/c1-13(16(18)15-10-6-3-7-11-15)17-12-14-8-4-2-5-9-14/h2-13,16,18H,1H3/t13-,16-/m0/s1. The van der Waals surface area contributed by atoms with E-state index in [-0.39, 0.29) is 6.04 Å². The molecule has 2 aromatic carbocycles. The van der Waals surface area contributed by atoms with Crippen LogP contribution in [-0.4, -0.2) is 17.4 Å². The smallest absolute Gasteiger partial charge is 0.101 e. The highest BCUT2D eigenvalue weighted by Gasteiger charge is 2.13. The summed E-state index contributed by atoms with van der Waals surface area (Å²) < 4.78 is 0. The molecular formula is C16H17NO. The first-order chi connectivity index (χ1) is 8.77. The maximum atomic E-state index is 10.2. The summed E-state index contributed by atoms with van der Waals surface area (Å²) in [6, 6.07) is 19.4. The third-order valence-electron chi connectivity index (χ3n) is 2.86. The van der Waals surface area contributed by atoms with E-state index in [1.807, 2.05) is 67.6 Å². The summed E-state index contributed by atoms with van der Waals surface area (Å²) in [4.78, 5) is 4.40. The van der Waals surface area contributed by atoms with Crippen molar-refractivity contribution in [1.29, 1.82) is 0 Å². The van der Waals surface area contributed by atoms with Crippen LogP contribution in [0.3, 0.4) is 0 Å². The molecule has 0 fully saturated rings. The molecule has 2 rings (SSSR count). The van der Waals surface area contributed by atoms with Crippen LogP contribution in [0.1, 0.15) is 24.2 Å².